The van der Waals surface area contributed by atoms with Crippen molar-refractivity contribution < 1.29 is 14.7 Å². The lowest BCUT2D eigenvalue weighted by Gasteiger charge is -2.16. The van der Waals surface area contributed by atoms with Crippen LogP contribution in [0.1, 0.15) is 6.42 Å². The number of halogens is 2. The van der Waals surface area contributed by atoms with Crippen molar-refractivity contribution in [1.29, 1.82) is 0 Å². The number of nitrogens with one attached hydrogen (secondary N) is 1. The lowest BCUT2D eigenvalue weighted by atomic mass is 10.2. The highest BCUT2D eigenvalue weighted by atomic mass is 35.5. The van der Waals surface area contributed by atoms with Crippen LogP contribution in [-0.4, -0.2) is 23.0 Å². The van der Waals surface area contributed by atoms with E-state index in [4.69, 9.17) is 23.2 Å². The van der Waals surface area contributed by atoms with Crippen molar-refractivity contribution in [2.75, 3.05) is 10.2 Å². The molecule has 1 aliphatic rings. The van der Waals surface area contributed by atoms with E-state index >= 15 is 0 Å². The lowest BCUT2D eigenvalue weighted by molar-refractivity contribution is -0.121. The number of carbonyl (C=O) groups excluding carboxylic acids is 2. The van der Waals surface area contributed by atoms with Gasteiger partial charge in [0.1, 0.15) is 11.8 Å². The Bertz CT molecular complexity index is 777. The molecule has 1 heterocycles. The van der Waals surface area contributed by atoms with Gasteiger partial charge in [0.25, 0.3) is 5.91 Å². The first-order chi connectivity index (χ1) is 11.0. The molecule has 5 nitrogen and oxygen atoms in total. The number of amides is 2. The van der Waals surface area contributed by atoms with E-state index < -0.39 is 6.04 Å². The van der Waals surface area contributed by atoms with E-state index in [9.17, 15) is 14.7 Å². The van der Waals surface area contributed by atoms with Crippen LogP contribution < -0.4 is 10.2 Å². The Balaban J connectivity index is 1.80. The quantitative estimate of drug-likeness (QED) is 0.832. The Kier molecular flexibility index (Phi) is 4.15. The number of phenols is 1. The highest BCUT2D eigenvalue weighted by Crippen LogP contribution is 2.29. The van der Waals surface area contributed by atoms with Gasteiger partial charge in [-0.05, 0) is 42.5 Å². The molecule has 2 N–H and O–H groups in total. The van der Waals surface area contributed by atoms with Gasteiger partial charge < -0.3 is 10.4 Å². The fourth-order valence-electron chi connectivity index (χ4n) is 2.40. The number of anilines is 2. The standard InChI is InChI=1S/C16H12Cl2N2O3/c17-12-6-1-9(7-13(12)18)19-14-8-15(22)20(16(14)23)10-2-4-11(21)5-3-10/h1-7,14,19,21H,8H2. The molecule has 1 saturated heterocycles. The first-order valence-corrected chi connectivity index (χ1v) is 7.59. The van der Waals surface area contributed by atoms with Gasteiger partial charge in [0, 0.05) is 5.69 Å². The van der Waals surface area contributed by atoms with Gasteiger partial charge in [-0.2, -0.15) is 0 Å². The van der Waals surface area contributed by atoms with Gasteiger partial charge in [0.2, 0.25) is 5.91 Å². The van der Waals surface area contributed by atoms with E-state index in [1.165, 1.54) is 24.3 Å². The first kappa shape index (κ1) is 15.6. The van der Waals surface area contributed by atoms with E-state index in [1.54, 1.807) is 18.2 Å². The molecule has 0 radical (unpaired) electrons. The summed E-state index contributed by atoms with van der Waals surface area (Å²) in [5, 5.41) is 13.1. The van der Waals surface area contributed by atoms with Crippen LogP contribution in [0.5, 0.6) is 5.75 Å². The molecular weight excluding hydrogens is 339 g/mol. The summed E-state index contributed by atoms with van der Waals surface area (Å²) in [4.78, 5) is 25.7. The van der Waals surface area contributed by atoms with Gasteiger partial charge in [0.15, 0.2) is 0 Å². The van der Waals surface area contributed by atoms with Crippen molar-refractivity contribution in [3.05, 3.63) is 52.5 Å². The Hall–Kier alpha value is -2.24. The highest BCUT2D eigenvalue weighted by molar-refractivity contribution is 6.42. The van der Waals surface area contributed by atoms with Gasteiger partial charge in [-0.15, -0.1) is 0 Å². The number of imide groups is 1. The number of hydrogen-bond acceptors (Lipinski definition) is 4. The summed E-state index contributed by atoms with van der Waals surface area (Å²) in [5.41, 5.74) is 1.04. The van der Waals surface area contributed by atoms with E-state index in [-0.39, 0.29) is 24.0 Å². The smallest absolute Gasteiger partial charge is 0.256 e. The molecule has 2 amide bonds. The fourth-order valence-corrected chi connectivity index (χ4v) is 2.70. The second-order valence-corrected chi connectivity index (χ2v) is 5.93. The van der Waals surface area contributed by atoms with Crippen LogP contribution in [-0.2, 0) is 9.59 Å². The van der Waals surface area contributed by atoms with Gasteiger partial charge in [-0.3, -0.25) is 9.59 Å². The van der Waals surface area contributed by atoms with E-state index in [1.807, 2.05) is 0 Å². The van der Waals surface area contributed by atoms with Crippen molar-refractivity contribution in [3.63, 3.8) is 0 Å². The summed E-state index contributed by atoms with van der Waals surface area (Å²) in [6.45, 7) is 0. The predicted molar refractivity (Wildman–Crippen MR) is 89.1 cm³/mol. The number of aromatic hydroxyl groups is 1. The van der Waals surface area contributed by atoms with Crippen LogP contribution in [0.15, 0.2) is 42.5 Å². The molecular formula is C16H12Cl2N2O3. The molecule has 0 bridgehead atoms. The fraction of sp³-hybridized carbons (Fsp3) is 0.125. The van der Waals surface area contributed by atoms with Crippen molar-refractivity contribution in [3.8, 4) is 5.75 Å². The molecule has 0 aliphatic carbocycles. The molecule has 2 aromatic rings. The third kappa shape index (κ3) is 3.11. The third-order valence-electron chi connectivity index (χ3n) is 3.52. The zero-order chi connectivity index (χ0) is 16.6. The topological polar surface area (TPSA) is 69.6 Å². The molecule has 0 saturated carbocycles. The van der Waals surface area contributed by atoms with Crippen LogP contribution in [0, 0.1) is 0 Å². The van der Waals surface area contributed by atoms with Crippen molar-refractivity contribution in [1.82, 2.24) is 0 Å². The van der Waals surface area contributed by atoms with Crippen LogP contribution in [0.4, 0.5) is 11.4 Å². The maximum atomic E-state index is 12.5. The average Bonchev–Trinajstić information content (AvgIpc) is 2.79. The zero-order valence-corrected chi connectivity index (χ0v) is 13.3. The lowest BCUT2D eigenvalue weighted by Crippen LogP contribution is -2.34. The summed E-state index contributed by atoms with van der Waals surface area (Å²) in [7, 11) is 0. The zero-order valence-electron chi connectivity index (χ0n) is 11.8. The van der Waals surface area contributed by atoms with Gasteiger partial charge >= 0.3 is 0 Å². The maximum Gasteiger partial charge on any atom is 0.256 e. The summed E-state index contributed by atoms with van der Waals surface area (Å²) < 4.78 is 0. The number of carbonyl (C=O) groups is 2. The molecule has 1 fully saturated rings. The normalized spacial score (nSPS) is 17.7. The molecule has 0 aromatic heterocycles. The summed E-state index contributed by atoms with van der Waals surface area (Å²) in [6.07, 6.45) is 0.0416. The molecule has 1 unspecified atom stereocenters. The van der Waals surface area contributed by atoms with Gasteiger partial charge in [0.05, 0.1) is 22.2 Å². The van der Waals surface area contributed by atoms with E-state index in [0.717, 1.165) is 4.90 Å². The van der Waals surface area contributed by atoms with Gasteiger partial charge in [-0.1, -0.05) is 23.2 Å². The second-order valence-electron chi connectivity index (χ2n) is 5.11. The Labute approximate surface area is 142 Å². The minimum absolute atomic E-state index is 0.0416. The molecule has 1 atom stereocenters. The van der Waals surface area contributed by atoms with E-state index in [2.05, 4.69) is 5.32 Å². The molecule has 0 spiro atoms. The first-order valence-electron chi connectivity index (χ1n) is 6.83. The summed E-state index contributed by atoms with van der Waals surface area (Å²) in [6, 6.07) is 10.1. The van der Waals surface area contributed by atoms with Crippen LogP contribution >= 0.6 is 23.2 Å². The number of phenolic OH excluding ortho intramolecular Hbond substituents is 1. The van der Waals surface area contributed by atoms with E-state index in [0.29, 0.717) is 21.4 Å². The molecule has 118 valence electrons. The largest absolute Gasteiger partial charge is 0.508 e. The number of rotatable bonds is 3. The SMILES string of the molecule is O=C1CC(Nc2ccc(Cl)c(Cl)c2)C(=O)N1c1ccc(O)cc1. The molecule has 1 aliphatic heterocycles. The minimum atomic E-state index is -0.673. The molecule has 2 aromatic carbocycles. The molecule has 23 heavy (non-hydrogen) atoms. The molecule has 3 rings (SSSR count). The Morgan fingerprint density at radius 1 is 1.04 bits per heavy atom. The number of hydrogen-bond donors (Lipinski definition) is 2. The number of nitrogens with zero attached hydrogens (tertiary/aromatic N) is 1. The van der Waals surface area contributed by atoms with Crippen LogP contribution in [0.2, 0.25) is 10.0 Å². The monoisotopic (exact) mass is 350 g/mol. The number of benzene rings is 2. The van der Waals surface area contributed by atoms with Crippen LogP contribution in [0.3, 0.4) is 0 Å². The average molecular weight is 351 g/mol. The summed E-state index contributed by atoms with van der Waals surface area (Å²) >= 11 is 11.8. The van der Waals surface area contributed by atoms with Crippen molar-refractivity contribution in [2.24, 2.45) is 0 Å². The third-order valence-corrected chi connectivity index (χ3v) is 4.25. The highest BCUT2D eigenvalue weighted by Gasteiger charge is 2.39. The minimum Gasteiger partial charge on any atom is -0.508 e. The van der Waals surface area contributed by atoms with Crippen LogP contribution in [0.25, 0.3) is 0 Å². The Morgan fingerprint density at radius 2 is 1.74 bits per heavy atom. The van der Waals surface area contributed by atoms with Gasteiger partial charge in [-0.25, -0.2) is 4.90 Å². The second kappa shape index (κ2) is 6.10. The Morgan fingerprint density at radius 3 is 2.39 bits per heavy atom. The summed E-state index contributed by atoms with van der Waals surface area (Å²) in [5.74, 6) is -0.594. The van der Waals surface area contributed by atoms with Crippen molar-refractivity contribution >= 4 is 46.4 Å². The predicted octanol–water partition coefficient (Wildman–Crippen LogP) is 3.44. The maximum absolute atomic E-state index is 12.5. The van der Waals surface area contributed by atoms with Crippen molar-refractivity contribution in [2.45, 2.75) is 12.5 Å². The molecule has 7 heteroatoms.